The second-order valence-electron chi connectivity index (χ2n) is 7.71. The van der Waals surface area contributed by atoms with Gasteiger partial charge in [0, 0.05) is 34.1 Å². The molecular weight excluding hydrogens is 452 g/mol. The molecule has 33 heavy (non-hydrogen) atoms. The lowest BCUT2D eigenvalue weighted by molar-refractivity contribution is 0.597. The maximum absolute atomic E-state index is 12.7. The average molecular weight is 475 g/mol. The number of aryl methyl sites for hydroxylation is 1. The number of hydrogen-bond acceptors (Lipinski definition) is 5. The quantitative estimate of drug-likeness (QED) is 0.324. The van der Waals surface area contributed by atoms with Crippen LogP contribution in [0, 0.1) is 6.92 Å². The number of sulfone groups is 1. The second-order valence-corrected chi connectivity index (χ2v) is 10.9. The number of H-pyrrole nitrogens is 1. The van der Waals surface area contributed by atoms with E-state index in [1.54, 1.807) is 24.3 Å². The third kappa shape index (κ3) is 4.31. The molecule has 0 aliphatic carbocycles. The predicted octanol–water partition coefficient (Wildman–Crippen LogP) is 5.29. The van der Waals surface area contributed by atoms with Crippen LogP contribution in [0.2, 0.25) is 0 Å². The first-order valence-electron chi connectivity index (χ1n) is 10.5. The van der Waals surface area contributed by atoms with Gasteiger partial charge in [0.05, 0.1) is 10.6 Å². The van der Waals surface area contributed by atoms with Crippen LogP contribution in [0.15, 0.2) is 95.1 Å². The molecule has 166 valence electrons. The predicted molar refractivity (Wildman–Crippen MR) is 133 cm³/mol. The van der Waals surface area contributed by atoms with E-state index in [0.717, 1.165) is 27.7 Å². The van der Waals surface area contributed by atoms with Crippen molar-refractivity contribution in [3.63, 3.8) is 0 Å². The van der Waals surface area contributed by atoms with Gasteiger partial charge in [-0.25, -0.2) is 8.42 Å². The third-order valence-corrected chi connectivity index (χ3v) is 8.33. The summed E-state index contributed by atoms with van der Waals surface area (Å²) in [6.45, 7) is 2.04. The molecule has 5 rings (SSSR count). The zero-order valence-electron chi connectivity index (χ0n) is 18.0. The Morgan fingerprint density at radius 3 is 2.55 bits per heavy atom. The van der Waals surface area contributed by atoms with E-state index < -0.39 is 9.84 Å². The number of hydrogen-bond donors (Lipinski definition) is 1. The molecule has 0 spiro atoms. The zero-order chi connectivity index (χ0) is 22.8. The summed E-state index contributed by atoms with van der Waals surface area (Å²) < 4.78 is 27.4. The molecule has 0 aliphatic rings. The zero-order valence-corrected chi connectivity index (χ0v) is 19.6. The van der Waals surface area contributed by atoms with Crippen LogP contribution in [0.5, 0.6) is 0 Å². The highest BCUT2D eigenvalue weighted by Crippen LogP contribution is 2.32. The highest BCUT2D eigenvalue weighted by atomic mass is 32.2. The maximum Gasteiger partial charge on any atom is 0.196 e. The minimum atomic E-state index is -3.36. The number of para-hydroxylation sites is 1. The summed E-state index contributed by atoms with van der Waals surface area (Å²) >= 11 is 1.39. The van der Waals surface area contributed by atoms with Gasteiger partial charge in [0.1, 0.15) is 0 Å². The Bertz CT molecular complexity index is 1520. The molecule has 0 bridgehead atoms. The Hall–Kier alpha value is -3.36. The average Bonchev–Trinajstić information content (AvgIpc) is 3.43. The molecule has 0 atom stereocenters. The van der Waals surface area contributed by atoms with Crippen LogP contribution < -0.4 is 0 Å². The van der Waals surface area contributed by atoms with Crippen molar-refractivity contribution in [2.24, 2.45) is 0 Å². The SMILES string of the molecule is Cc1cccc(-n2c(SCCS(=O)(=O)c3ccccc3)nnc2-c2c[nH]c3ccccc23)c1. The maximum atomic E-state index is 12.7. The summed E-state index contributed by atoms with van der Waals surface area (Å²) in [4.78, 5) is 3.64. The van der Waals surface area contributed by atoms with E-state index in [2.05, 4.69) is 27.3 Å². The van der Waals surface area contributed by atoms with Crippen molar-refractivity contribution in [1.29, 1.82) is 0 Å². The van der Waals surface area contributed by atoms with Crippen molar-refractivity contribution in [1.82, 2.24) is 19.7 Å². The molecule has 0 saturated carbocycles. The van der Waals surface area contributed by atoms with E-state index in [0.29, 0.717) is 21.6 Å². The normalized spacial score (nSPS) is 11.8. The molecule has 0 radical (unpaired) electrons. The van der Waals surface area contributed by atoms with Crippen LogP contribution in [0.4, 0.5) is 0 Å². The molecule has 6 nitrogen and oxygen atoms in total. The molecule has 2 aromatic heterocycles. The molecule has 0 unspecified atom stereocenters. The Morgan fingerprint density at radius 1 is 0.939 bits per heavy atom. The number of aromatic nitrogens is 4. The Morgan fingerprint density at radius 2 is 1.73 bits per heavy atom. The number of nitrogens with one attached hydrogen (secondary N) is 1. The highest BCUT2D eigenvalue weighted by molar-refractivity contribution is 8.00. The van der Waals surface area contributed by atoms with Gasteiger partial charge in [0.2, 0.25) is 0 Å². The molecular formula is C25H22N4O2S2. The van der Waals surface area contributed by atoms with Gasteiger partial charge in [0.25, 0.3) is 0 Å². The molecule has 5 aromatic rings. The summed E-state index contributed by atoms with van der Waals surface area (Å²) in [5, 5.41) is 10.7. The first-order chi connectivity index (χ1) is 16.0. The number of thioether (sulfide) groups is 1. The largest absolute Gasteiger partial charge is 0.360 e. The van der Waals surface area contributed by atoms with E-state index in [4.69, 9.17) is 0 Å². The standard InChI is InChI=1S/C25H22N4O2S2/c1-18-8-7-9-19(16-18)29-24(22-17-26-23-13-6-5-12-21(22)23)27-28-25(29)32-14-15-33(30,31)20-10-3-2-4-11-20/h2-13,16-17,26H,14-15H2,1H3. The minimum Gasteiger partial charge on any atom is -0.360 e. The fourth-order valence-electron chi connectivity index (χ4n) is 3.78. The number of aromatic amines is 1. The molecule has 8 heteroatoms. The molecule has 1 N–H and O–H groups in total. The topological polar surface area (TPSA) is 80.6 Å². The second kappa shape index (κ2) is 8.88. The van der Waals surface area contributed by atoms with Gasteiger partial charge >= 0.3 is 0 Å². The smallest absolute Gasteiger partial charge is 0.196 e. The van der Waals surface area contributed by atoms with Crippen molar-refractivity contribution in [3.05, 3.63) is 90.6 Å². The molecule has 2 heterocycles. The van der Waals surface area contributed by atoms with Crippen molar-refractivity contribution in [3.8, 4) is 17.1 Å². The van der Waals surface area contributed by atoms with Crippen LogP contribution in [0.3, 0.4) is 0 Å². The minimum absolute atomic E-state index is 0.0186. The Balaban J connectivity index is 1.50. The lowest BCUT2D eigenvalue weighted by Gasteiger charge is -2.11. The van der Waals surface area contributed by atoms with Crippen LogP contribution >= 0.6 is 11.8 Å². The fourth-order valence-corrected chi connectivity index (χ4v) is 6.40. The number of rotatable bonds is 7. The highest BCUT2D eigenvalue weighted by Gasteiger charge is 2.20. The van der Waals surface area contributed by atoms with Crippen molar-refractivity contribution in [2.75, 3.05) is 11.5 Å². The number of fused-ring (bicyclic) bond motifs is 1. The van der Waals surface area contributed by atoms with Crippen LogP contribution in [-0.4, -0.2) is 39.7 Å². The number of benzene rings is 3. The van der Waals surface area contributed by atoms with Crippen LogP contribution in [0.25, 0.3) is 28.0 Å². The first-order valence-corrected chi connectivity index (χ1v) is 13.2. The summed E-state index contributed by atoms with van der Waals surface area (Å²) in [7, 11) is -3.36. The van der Waals surface area contributed by atoms with Gasteiger partial charge in [-0.2, -0.15) is 0 Å². The van der Waals surface area contributed by atoms with Gasteiger partial charge < -0.3 is 4.98 Å². The molecule has 0 amide bonds. The molecule has 0 saturated heterocycles. The van der Waals surface area contributed by atoms with Gasteiger partial charge in [-0.1, -0.05) is 60.3 Å². The van der Waals surface area contributed by atoms with E-state index in [9.17, 15) is 8.42 Å². The van der Waals surface area contributed by atoms with Crippen molar-refractivity contribution < 1.29 is 8.42 Å². The van der Waals surface area contributed by atoms with Gasteiger partial charge in [-0.3, -0.25) is 4.57 Å². The van der Waals surface area contributed by atoms with Gasteiger partial charge in [-0.15, -0.1) is 10.2 Å². The number of nitrogens with zero attached hydrogens (tertiary/aromatic N) is 3. The summed E-state index contributed by atoms with van der Waals surface area (Å²) in [6.07, 6.45) is 1.94. The summed E-state index contributed by atoms with van der Waals surface area (Å²) in [6, 6.07) is 24.7. The lowest BCUT2D eigenvalue weighted by Crippen LogP contribution is -2.09. The van der Waals surface area contributed by atoms with E-state index in [-0.39, 0.29) is 5.75 Å². The Kier molecular flexibility index (Phi) is 5.78. The summed E-state index contributed by atoms with van der Waals surface area (Å²) in [5.74, 6) is 1.10. The van der Waals surface area contributed by atoms with Crippen molar-refractivity contribution in [2.45, 2.75) is 17.0 Å². The van der Waals surface area contributed by atoms with Crippen molar-refractivity contribution >= 4 is 32.5 Å². The van der Waals surface area contributed by atoms with Crippen LogP contribution in [-0.2, 0) is 9.84 Å². The van der Waals surface area contributed by atoms with Gasteiger partial charge in [-0.05, 0) is 42.8 Å². The lowest BCUT2D eigenvalue weighted by atomic mass is 10.1. The third-order valence-electron chi connectivity index (χ3n) is 5.41. The first kappa shape index (κ1) is 21.5. The van der Waals surface area contributed by atoms with E-state index in [1.165, 1.54) is 11.8 Å². The van der Waals surface area contributed by atoms with E-state index in [1.807, 2.05) is 60.2 Å². The fraction of sp³-hybridized carbons (Fsp3) is 0.120. The van der Waals surface area contributed by atoms with E-state index >= 15 is 0 Å². The molecule has 3 aromatic carbocycles. The molecule has 0 fully saturated rings. The summed E-state index contributed by atoms with van der Waals surface area (Å²) in [5.41, 5.74) is 4.03. The van der Waals surface area contributed by atoms with Gasteiger partial charge in [0.15, 0.2) is 20.8 Å². The molecule has 0 aliphatic heterocycles. The Labute approximate surface area is 196 Å². The monoisotopic (exact) mass is 474 g/mol. The van der Waals surface area contributed by atoms with Crippen LogP contribution in [0.1, 0.15) is 5.56 Å².